The van der Waals surface area contributed by atoms with Crippen molar-refractivity contribution in [3.05, 3.63) is 83.4 Å². The van der Waals surface area contributed by atoms with Gasteiger partial charge in [-0.3, -0.25) is 0 Å². The van der Waals surface area contributed by atoms with Gasteiger partial charge < -0.3 is 9.84 Å². The van der Waals surface area contributed by atoms with Crippen LogP contribution in [0.1, 0.15) is 42.4 Å². The molecule has 4 rings (SSSR count). The Bertz CT molecular complexity index is 1060. The van der Waals surface area contributed by atoms with Crippen molar-refractivity contribution < 1.29 is 9.84 Å². The van der Waals surface area contributed by atoms with Crippen LogP contribution in [0.3, 0.4) is 0 Å². The fourth-order valence-electron chi connectivity index (χ4n) is 3.71. The smallest absolute Gasteiger partial charge is 0.128 e. The van der Waals surface area contributed by atoms with Crippen LogP contribution in [0.15, 0.2) is 76.9 Å². The summed E-state index contributed by atoms with van der Waals surface area (Å²) in [5.74, 6) is 0.799. The summed E-state index contributed by atoms with van der Waals surface area (Å²) in [6.07, 6.45) is 6.13. The lowest BCUT2D eigenvalue weighted by Gasteiger charge is -2.07. The molecule has 0 saturated heterocycles. The van der Waals surface area contributed by atoms with Crippen molar-refractivity contribution in [1.82, 2.24) is 0 Å². The first-order valence-electron chi connectivity index (χ1n) is 10.6. The highest BCUT2D eigenvalue weighted by molar-refractivity contribution is 9.09. The molecule has 1 N–H and O–H groups in total. The van der Waals surface area contributed by atoms with Gasteiger partial charge in [-0.2, -0.15) is 5.10 Å². The quantitative estimate of drug-likeness (QED) is 0.128. The highest BCUT2D eigenvalue weighted by atomic mass is 79.9. The van der Waals surface area contributed by atoms with E-state index in [9.17, 15) is 5.11 Å². The Hall–Kier alpha value is -2.92. The van der Waals surface area contributed by atoms with Crippen LogP contribution in [0.25, 0.3) is 11.1 Å². The molecule has 0 unspecified atom stereocenters. The molecule has 0 bridgehead atoms. The van der Waals surface area contributed by atoms with Crippen molar-refractivity contribution in [3.63, 3.8) is 0 Å². The molecular formula is C26H25BrN2O2. The van der Waals surface area contributed by atoms with Gasteiger partial charge in [-0.15, -0.1) is 5.10 Å². The van der Waals surface area contributed by atoms with E-state index in [0.717, 1.165) is 35.0 Å². The SMILES string of the molecule is Oc1cc(OCCCCCCBr)ccc1/C=N/N=C1c2ccccc2-c2ccccc21. The van der Waals surface area contributed by atoms with Crippen molar-refractivity contribution in [3.8, 4) is 22.6 Å². The fraction of sp³-hybridized carbons (Fsp3) is 0.231. The minimum Gasteiger partial charge on any atom is -0.507 e. The molecule has 0 heterocycles. The average molecular weight is 477 g/mol. The molecule has 31 heavy (non-hydrogen) atoms. The van der Waals surface area contributed by atoms with Crippen LogP contribution in [0.5, 0.6) is 11.5 Å². The van der Waals surface area contributed by atoms with E-state index in [1.807, 2.05) is 30.3 Å². The molecule has 158 valence electrons. The van der Waals surface area contributed by atoms with E-state index in [1.54, 1.807) is 18.3 Å². The molecule has 0 atom stereocenters. The third-order valence-corrected chi connectivity index (χ3v) is 5.87. The summed E-state index contributed by atoms with van der Waals surface area (Å²) in [5, 5.41) is 20.2. The maximum Gasteiger partial charge on any atom is 0.128 e. The van der Waals surface area contributed by atoms with Gasteiger partial charge in [0.1, 0.15) is 17.2 Å². The van der Waals surface area contributed by atoms with E-state index in [1.165, 1.54) is 24.0 Å². The van der Waals surface area contributed by atoms with Crippen molar-refractivity contribution in [1.29, 1.82) is 0 Å². The molecule has 0 saturated carbocycles. The van der Waals surface area contributed by atoms with Gasteiger partial charge in [-0.05, 0) is 36.1 Å². The number of hydrogen-bond donors (Lipinski definition) is 1. The Balaban J connectivity index is 1.44. The molecule has 1 aliphatic carbocycles. The fourth-order valence-corrected chi connectivity index (χ4v) is 4.11. The van der Waals surface area contributed by atoms with E-state index in [0.29, 0.717) is 17.9 Å². The molecule has 0 amide bonds. The molecule has 3 aromatic carbocycles. The summed E-state index contributed by atoms with van der Waals surface area (Å²) in [6, 6.07) is 21.7. The predicted octanol–water partition coefficient (Wildman–Crippen LogP) is 6.58. The third kappa shape index (κ3) is 5.05. The number of rotatable bonds is 9. The first-order chi connectivity index (χ1) is 15.3. The van der Waals surface area contributed by atoms with Crippen LogP contribution in [0.2, 0.25) is 0 Å². The maximum absolute atomic E-state index is 10.3. The van der Waals surface area contributed by atoms with Gasteiger partial charge in [0, 0.05) is 28.1 Å². The molecule has 0 aromatic heterocycles. The second-order valence-corrected chi connectivity index (χ2v) is 8.25. The highest BCUT2D eigenvalue weighted by Crippen LogP contribution is 2.36. The van der Waals surface area contributed by atoms with Crippen LogP contribution >= 0.6 is 15.9 Å². The molecule has 0 radical (unpaired) electrons. The minimum atomic E-state index is 0.132. The number of alkyl halides is 1. The number of ether oxygens (including phenoxy) is 1. The van der Waals surface area contributed by atoms with Gasteiger partial charge in [-0.1, -0.05) is 77.3 Å². The van der Waals surface area contributed by atoms with E-state index < -0.39 is 0 Å². The molecule has 0 aliphatic heterocycles. The minimum absolute atomic E-state index is 0.132. The van der Waals surface area contributed by atoms with Gasteiger partial charge >= 0.3 is 0 Å². The van der Waals surface area contributed by atoms with Crippen LogP contribution < -0.4 is 4.74 Å². The standard InChI is InChI=1S/C26H25BrN2O2/c27-15-7-1-2-8-16-31-20-14-13-19(25(30)17-20)18-28-29-26-23-11-5-3-9-21(23)22-10-4-6-12-24(22)26/h3-6,9-14,17-18,30H,1-2,7-8,15-16H2/b28-18+. The summed E-state index contributed by atoms with van der Waals surface area (Å²) in [6.45, 7) is 0.654. The summed E-state index contributed by atoms with van der Waals surface area (Å²) in [4.78, 5) is 0. The number of phenolic OH excluding ortho intramolecular Hbond substituents is 1. The second-order valence-electron chi connectivity index (χ2n) is 7.46. The van der Waals surface area contributed by atoms with Crippen molar-refractivity contribution in [2.75, 3.05) is 11.9 Å². The molecule has 5 heteroatoms. The summed E-state index contributed by atoms with van der Waals surface area (Å²) >= 11 is 3.44. The molecule has 4 nitrogen and oxygen atoms in total. The number of nitrogens with zero attached hydrogens (tertiary/aromatic N) is 2. The maximum atomic E-state index is 10.3. The van der Waals surface area contributed by atoms with Crippen molar-refractivity contribution in [2.45, 2.75) is 25.7 Å². The topological polar surface area (TPSA) is 54.2 Å². The van der Waals surface area contributed by atoms with Crippen LogP contribution in [0.4, 0.5) is 0 Å². The lowest BCUT2D eigenvalue weighted by molar-refractivity contribution is 0.303. The monoisotopic (exact) mass is 476 g/mol. The normalized spacial score (nSPS) is 12.1. The number of benzene rings is 3. The van der Waals surface area contributed by atoms with Gasteiger partial charge in [0.2, 0.25) is 0 Å². The zero-order valence-corrected chi connectivity index (χ0v) is 18.9. The summed E-state index contributed by atoms with van der Waals surface area (Å²) in [7, 11) is 0. The van der Waals surface area contributed by atoms with Crippen LogP contribution in [-0.4, -0.2) is 29.0 Å². The highest BCUT2D eigenvalue weighted by Gasteiger charge is 2.23. The predicted molar refractivity (Wildman–Crippen MR) is 131 cm³/mol. The lowest BCUT2D eigenvalue weighted by atomic mass is 10.1. The van der Waals surface area contributed by atoms with Gasteiger partial charge in [0.05, 0.1) is 12.8 Å². The van der Waals surface area contributed by atoms with Gasteiger partial charge in [0.15, 0.2) is 0 Å². The largest absolute Gasteiger partial charge is 0.507 e. The molecule has 1 aliphatic rings. The average Bonchev–Trinajstić information content (AvgIpc) is 3.11. The molecule has 0 spiro atoms. The zero-order valence-electron chi connectivity index (χ0n) is 17.3. The van der Waals surface area contributed by atoms with Crippen molar-refractivity contribution >= 4 is 27.9 Å². The molecular weight excluding hydrogens is 452 g/mol. The van der Waals surface area contributed by atoms with Crippen molar-refractivity contribution in [2.24, 2.45) is 10.2 Å². The summed E-state index contributed by atoms with van der Waals surface area (Å²) in [5.41, 5.74) is 5.94. The Morgan fingerprint density at radius 3 is 2.10 bits per heavy atom. The van der Waals surface area contributed by atoms with Crippen LogP contribution in [-0.2, 0) is 0 Å². The zero-order chi connectivity index (χ0) is 21.5. The Labute approximate surface area is 191 Å². The number of fused-ring (bicyclic) bond motifs is 3. The number of aromatic hydroxyl groups is 1. The van der Waals surface area contributed by atoms with E-state index >= 15 is 0 Å². The van der Waals surface area contributed by atoms with Gasteiger partial charge in [0.25, 0.3) is 0 Å². The number of halogens is 1. The van der Waals surface area contributed by atoms with E-state index in [4.69, 9.17) is 4.74 Å². The second kappa shape index (κ2) is 10.4. The Kier molecular flexibility index (Phi) is 7.15. The molecule has 0 fully saturated rings. The van der Waals surface area contributed by atoms with Crippen LogP contribution in [0, 0.1) is 0 Å². The first kappa shape index (κ1) is 21.3. The number of phenols is 1. The van der Waals surface area contributed by atoms with E-state index in [-0.39, 0.29) is 5.75 Å². The lowest BCUT2D eigenvalue weighted by Crippen LogP contribution is -1.98. The van der Waals surface area contributed by atoms with Gasteiger partial charge in [-0.25, -0.2) is 0 Å². The summed E-state index contributed by atoms with van der Waals surface area (Å²) < 4.78 is 5.74. The Morgan fingerprint density at radius 2 is 1.45 bits per heavy atom. The Morgan fingerprint density at radius 1 is 0.806 bits per heavy atom. The number of unbranched alkanes of at least 4 members (excludes halogenated alkanes) is 3. The first-order valence-corrected chi connectivity index (χ1v) is 11.7. The molecule has 3 aromatic rings. The van der Waals surface area contributed by atoms with E-state index in [2.05, 4.69) is 50.4 Å². The number of hydrogen-bond acceptors (Lipinski definition) is 4. The third-order valence-electron chi connectivity index (χ3n) is 5.31.